The fraction of sp³-hybridized carbons (Fsp3) is 0.273. The van der Waals surface area contributed by atoms with E-state index in [-0.39, 0.29) is 5.57 Å². The van der Waals surface area contributed by atoms with Crippen LogP contribution in [0.1, 0.15) is 25.0 Å². The van der Waals surface area contributed by atoms with E-state index in [0.29, 0.717) is 5.69 Å². The van der Waals surface area contributed by atoms with Crippen molar-refractivity contribution >= 4 is 23.0 Å². The van der Waals surface area contributed by atoms with Gasteiger partial charge in [0.05, 0.1) is 0 Å². The maximum Gasteiger partial charge on any atom is 0.267 e. The van der Waals surface area contributed by atoms with Gasteiger partial charge in [-0.1, -0.05) is 12.1 Å². The van der Waals surface area contributed by atoms with Crippen LogP contribution in [0.15, 0.2) is 54.2 Å². The molecule has 5 heteroatoms. The SMILES string of the molecule is CCN(CC)c1ccc(N/C=C(/C#N)C(=O)Nc2cccc(C)c2)c(C)c1. The fourth-order valence-corrected chi connectivity index (χ4v) is 2.82. The van der Waals surface area contributed by atoms with Gasteiger partial charge in [-0.2, -0.15) is 5.26 Å². The van der Waals surface area contributed by atoms with Gasteiger partial charge in [-0.3, -0.25) is 4.79 Å². The Labute approximate surface area is 161 Å². The molecule has 0 spiro atoms. The molecule has 0 unspecified atom stereocenters. The highest BCUT2D eigenvalue weighted by molar-refractivity contribution is 6.06. The van der Waals surface area contributed by atoms with Gasteiger partial charge in [-0.15, -0.1) is 0 Å². The molecule has 0 saturated carbocycles. The van der Waals surface area contributed by atoms with Crippen LogP contribution in [0.3, 0.4) is 0 Å². The molecule has 0 aliphatic carbocycles. The predicted molar refractivity (Wildman–Crippen MR) is 112 cm³/mol. The van der Waals surface area contributed by atoms with Crippen LogP contribution < -0.4 is 15.5 Å². The van der Waals surface area contributed by atoms with Crippen LogP contribution >= 0.6 is 0 Å². The standard InChI is InChI=1S/C22H26N4O/c1-5-26(6-2)20-10-11-21(17(4)13-20)24-15-18(14-23)22(27)25-19-9-7-8-16(3)12-19/h7-13,15,24H,5-6H2,1-4H3,(H,25,27)/b18-15-. The van der Waals surface area contributed by atoms with Crippen LogP contribution in [0, 0.1) is 25.2 Å². The average Bonchev–Trinajstić information content (AvgIpc) is 2.64. The Bertz CT molecular complexity index is 876. The largest absolute Gasteiger partial charge is 0.372 e. The van der Waals surface area contributed by atoms with Crippen molar-refractivity contribution in [2.24, 2.45) is 0 Å². The maximum atomic E-state index is 12.3. The van der Waals surface area contributed by atoms with Crippen molar-refractivity contribution in [1.82, 2.24) is 0 Å². The topological polar surface area (TPSA) is 68.2 Å². The molecule has 2 aromatic rings. The van der Waals surface area contributed by atoms with Crippen molar-refractivity contribution in [2.45, 2.75) is 27.7 Å². The smallest absolute Gasteiger partial charge is 0.267 e. The van der Waals surface area contributed by atoms with Gasteiger partial charge >= 0.3 is 0 Å². The maximum absolute atomic E-state index is 12.3. The summed E-state index contributed by atoms with van der Waals surface area (Å²) in [6, 6.07) is 15.5. The van der Waals surface area contributed by atoms with E-state index in [1.807, 2.05) is 50.2 Å². The second-order valence-electron chi connectivity index (χ2n) is 6.31. The van der Waals surface area contributed by atoms with Crippen LogP contribution in [-0.2, 0) is 4.79 Å². The number of aryl methyl sites for hydroxylation is 2. The van der Waals surface area contributed by atoms with Crippen molar-refractivity contribution in [3.05, 3.63) is 65.4 Å². The van der Waals surface area contributed by atoms with Crippen molar-refractivity contribution in [1.29, 1.82) is 5.26 Å². The molecule has 0 aliphatic rings. The minimum absolute atomic E-state index is 0.0173. The van der Waals surface area contributed by atoms with Crippen LogP contribution in [-0.4, -0.2) is 19.0 Å². The highest BCUT2D eigenvalue weighted by Gasteiger charge is 2.10. The Kier molecular flexibility index (Phi) is 7.01. The Morgan fingerprint density at radius 1 is 1.15 bits per heavy atom. The highest BCUT2D eigenvalue weighted by Crippen LogP contribution is 2.23. The van der Waals surface area contributed by atoms with Gasteiger partial charge in [0, 0.05) is 36.4 Å². The monoisotopic (exact) mass is 362 g/mol. The third-order valence-electron chi connectivity index (χ3n) is 4.35. The van der Waals surface area contributed by atoms with E-state index < -0.39 is 5.91 Å². The lowest BCUT2D eigenvalue weighted by Gasteiger charge is -2.22. The second-order valence-corrected chi connectivity index (χ2v) is 6.31. The summed E-state index contributed by atoms with van der Waals surface area (Å²) in [5.41, 5.74) is 4.79. The van der Waals surface area contributed by atoms with E-state index in [1.54, 1.807) is 6.07 Å². The molecule has 27 heavy (non-hydrogen) atoms. The van der Waals surface area contributed by atoms with Gasteiger partial charge in [-0.05, 0) is 69.2 Å². The lowest BCUT2D eigenvalue weighted by Crippen LogP contribution is -2.21. The summed E-state index contributed by atoms with van der Waals surface area (Å²) < 4.78 is 0. The van der Waals surface area contributed by atoms with Gasteiger partial charge < -0.3 is 15.5 Å². The van der Waals surface area contributed by atoms with Gasteiger partial charge in [0.1, 0.15) is 11.6 Å². The van der Waals surface area contributed by atoms with E-state index in [1.165, 1.54) is 6.20 Å². The summed E-state index contributed by atoms with van der Waals surface area (Å²) in [5.74, 6) is -0.437. The van der Waals surface area contributed by atoms with Crippen LogP contribution in [0.2, 0.25) is 0 Å². The molecule has 2 aromatic carbocycles. The zero-order valence-corrected chi connectivity index (χ0v) is 16.3. The molecule has 2 N–H and O–H groups in total. The average molecular weight is 362 g/mol. The molecular weight excluding hydrogens is 336 g/mol. The van der Waals surface area contributed by atoms with Crippen LogP contribution in [0.4, 0.5) is 17.1 Å². The molecule has 5 nitrogen and oxygen atoms in total. The molecule has 0 aromatic heterocycles. The Balaban J connectivity index is 2.12. The second kappa shape index (κ2) is 9.44. The highest BCUT2D eigenvalue weighted by atomic mass is 16.1. The molecule has 0 saturated heterocycles. The first-order valence-corrected chi connectivity index (χ1v) is 9.08. The molecule has 0 radical (unpaired) electrons. The van der Waals surface area contributed by atoms with Crippen LogP contribution in [0.25, 0.3) is 0 Å². The summed E-state index contributed by atoms with van der Waals surface area (Å²) in [4.78, 5) is 14.6. The summed E-state index contributed by atoms with van der Waals surface area (Å²) in [6.45, 7) is 10.1. The van der Waals surface area contributed by atoms with Gasteiger partial charge in [0.2, 0.25) is 0 Å². The number of hydrogen-bond donors (Lipinski definition) is 2. The fourth-order valence-electron chi connectivity index (χ4n) is 2.82. The molecule has 0 bridgehead atoms. The zero-order valence-electron chi connectivity index (χ0n) is 16.3. The van der Waals surface area contributed by atoms with E-state index in [2.05, 4.69) is 35.4 Å². The number of amides is 1. The first-order chi connectivity index (χ1) is 13.0. The Morgan fingerprint density at radius 2 is 1.89 bits per heavy atom. The molecule has 140 valence electrons. The number of nitrogens with zero attached hydrogens (tertiary/aromatic N) is 2. The molecule has 1 amide bonds. The van der Waals surface area contributed by atoms with E-state index in [4.69, 9.17) is 0 Å². The van der Waals surface area contributed by atoms with Gasteiger partial charge in [-0.25, -0.2) is 0 Å². The number of nitrogens with one attached hydrogen (secondary N) is 2. The quantitative estimate of drug-likeness (QED) is 0.557. The lowest BCUT2D eigenvalue weighted by atomic mass is 10.1. The third kappa shape index (κ3) is 5.35. The Hall–Kier alpha value is -3.26. The zero-order chi connectivity index (χ0) is 19.8. The van der Waals surface area contributed by atoms with E-state index in [9.17, 15) is 10.1 Å². The first kappa shape index (κ1) is 20.1. The number of benzene rings is 2. The normalized spacial score (nSPS) is 10.9. The summed E-state index contributed by atoms with van der Waals surface area (Å²) in [6.07, 6.45) is 1.45. The number of hydrogen-bond acceptors (Lipinski definition) is 4. The van der Waals surface area contributed by atoms with Crippen molar-refractivity contribution in [2.75, 3.05) is 28.6 Å². The number of carbonyl (C=O) groups excluding carboxylic acids is 1. The number of rotatable bonds is 7. The number of carbonyl (C=O) groups is 1. The van der Waals surface area contributed by atoms with Crippen molar-refractivity contribution in [3.63, 3.8) is 0 Å². The minimum Gasteiger partial charge on any atom is -0.372 e. The third-order valence-corrected chi connectivity index (χ3v) is 4.35. The first-order valence-electron chi connectivity index (χ1n) is 9.08. The lowest BCUT2D eigenvalue weighted by molar-refractivity contribution is -0.112. The minimum atomic E-state index is -0.437. The van der Waals surface area contributed by atoms with Gasteiger partial charge in [0.25, 0.3) is 5.91 Å². The summed E-state index contributed by atoms with van der Waals surface area (Å²) in [7, 11) is 0. The van der Waals surface area contributed by atoms with Gasteiger partial charge in [0.15, 0.2) is 0 Å². The summed E-state index contributed by atoms with van der Waals surface area (Å²) >= 11 is 0. The molecular formula is C22H26N4O. The predicted octanol–water partition coefficient (Wildman–Crippen LogP) is 4.61. The van der Waals surface area contributed by atoms with Crippen molar-refractivity contribution < 1.29 is 4.79 Å². The molecule has 0 atom stereocenters. The molecule has 0 fully saturated rings. The molecule has 0 aliphatic heterocycles. The number of anilines is 3. The molecule has 2 rings (SSSR count). The summed E-state index contributed by atoms with van der Waals surface area (Å²) in [5, 5.41) is 15.2. The molecule has 0 heterocycles. The van der Waals surface area contributed by atoms with Crippen LogP contribution in [0.5, 0.6) is 0 Å². The Morgan fingerprint density at radius 3 is 2.48 bits per heavy atom. The van der Waals surface area contributed by atoms with E-state index >= 15 is 0 Å². The van der Waals surface area contributed by atoms with E-state index in [0.717, 1.165) is 35.6 Å². The van der Waals surface area contributed by atoms with Crippen molar-refractivity contribution in [3.8, 4) is 6.07 Å². The number of nitriles is 1.